The molecular weight excluding hydrogens is 246 g/mol. The van der Waals surface area contributed by atoms with Crippen LogP contribution in [0.4, 0.5) is 0 Å². The molecule has 0 amide bonds. The summed E-state index contributed by atoms with van der Waals surface area (Å²) in [5.74, 6) is 1.06. The first-order valence-corrected chi connectivity index (χ1v) is 7.54. The van der Waals surface area contributed by atoms with Gasteiger partial charge in [0.2, 0.25) is 0 Å². The standard InChI is InChI=1S/C17H25N3/c1-4-11-18-13-14(2)15(3)17-10-12-19-20(17)16-8-6-5-7-9-16/h5-10,12,14-15,18H,4,11,13H2,1-3H3. The number of rotatable bonds is 7. The lowest BCUT2D eigenvalue weighted by Gasteiger charge is -2.21. The highest BCUT2D eigenvalue weighted by Crippen LogP contribution is 2.25. The lowest BCUT2D eigenvalue weighted by molar-refractivity contribution is 0.435. The zero-order valence-corrected chi connectivity index (χ0v) is 12.7. The summed E-state index contributed by atoms with van der Waals surface area (Å²) >= 11 is 0. The van der Waals surface area contributed by atoms with Crippen LogP contribution < -0.4 is 5.32 Å². The molecule has 108 valence electrons. The summed E-state index contributed by atoms with van der Waals surface area (Å²) in [5, 5.41) is 7.99. The fourth-order valence-corrected chi connectivity index (χ4v) is 2.42. The van der Waals surface area contributed by atoms with Gasteiger partial charge >= 0.3 is 0 Å². The molecular formula is C17H25N3. The molecule has 1 heterocycles. The molecule has 3 heteroatoms. The molecule has 2 rings (SSSR count). The van der Waals surface area contributed by atoms with Gasteiger partial charge in [0, 0.05) is 17.8 Å². The minimum absolute atomic E-state index is 0.474. The molecule has 3 nitrogen and oxygen atoms in total. The van der Waals surface area contributed by atoms with Crippen LogP contribution in [0, 0.1) is 5.92 Å². The average molecular weight is 271 g/mol. The van der Waals surface area contributed by atoms with Crippen LogP contribution in [0.15, 0.2) is 42.6 Å². The molecule has 1 aromatic carbocycles. The molecule has 0 saturated carbocycles. The molecule has 0 aliphatic carbocycles. The highest BCUT2D eigenvalue weighted by atomic mass is 15.3. The van der Waals surface area contributed by atoms with Crippen molar-refractivity contribution in [3.05, 3.63) is 48.3 Å². The van der Waals surface area contributed by atoms with Crippen molar-refractivity contribution in [1.82, 2.24) is 15.1 Å². The SMILES string of the molecule is CCCNCC(C)C(C)c1ccnn1-c1ccccc1. The van der Waals surface area contributed by atoms with Crippen molar-refractivity contribution in [1.29, 1.82) is 0 Å². The molecule has 0 spiro atoms. The highest BCUT2D eigenvalue weighted by molar-refractivity contribution is 5.33. The quantitative estimate of drug-likeness (QED) is 0.780. The summed E-state index contributed by atoms with van der Waals surface area (Å²) < 4.78 is 2.06. The van der Waals surface area contributed by atoms with Gasteiger partial charge in [0.15, 0.2) is 0 Å². The second kappa shape index (κ2) is 7.25. The van der Waals surface area contributed by atoms with E-state index >= 15 is 0 Å². The topological polar surface area (TPSA) is 29.9 Å². The van der Waals surface area contributed by atoms with Crippen LogP contribution in [0.1, 0.15) is 38.8 Å². The van der Waals surface area contributed by atoms with E-state index in [9.17, 15) is 0 Å². The number of para-hydroxylation sites is 1. The maximum absolute atomic E-state index is 4.48. The van der Waals surface area contributed by atoms with E-state index in [4.69, 9.17) is 0 Å². The van der Waals surface area contributed by atoms with Crippen molar-refractivity contribution in [2.75, 3.05) is 13.1 Å². The van der Waals surface area contributed by atoms with Gasteiger partial charge in [0.05, 0.1) is 5.69 Å². The Bertz CT molecular complexity index is 504. The Labute approximate surface area is 122 Å². The monoisotopic (exact) mass is 271 g/mol. The predicted octanol–water partition coefficient (Wildman–Crippen LogP) is 3.61. The molecule has 1 N–H and O–H groups in total. The van der Waals surface area contributed by atoms with Crippen molar-refractivity contribution in [2.24, 2.45) is 5.92 Å². The molecule has 2 unspecified atom stereocenters. The number of benzene rings is 1. The van der Waals surface area contributed by atoms with Crippen molar-refractivity contribution in [3.8, 4) is 5.69 Å². The van der Waals surface area contributed by atoms with Gasteiger partial charge in [-0.3, -0.25) is 0 Å². The summed E-state index contributed by atoms with van der Waals surface area (Å²) in [4.78, 5) is 0. The summed E-state index contributed by atoms with van der Waals surface area (Å²) in [5.41, 5.74) is 2.41. The minimum atomic E-state index is 0.474. The van der Waals surface area contributed by atoms with E-state index in [1.165, 1.54) is 12.1 Å². The predicted molar refractivity (Wildman–Crippen MR) is 84.3 cm³/mol. The number of nitrogens with zero attached hydrogens (tertiary/aromatic N) is 2. The van der Waals surface area contributed by atoms with Gasteiger partial charge in [-0.05, 0) is 43.6 Å². The summed E-state index contributed by atoms with van der Waals surface area (Å²) in [6.45, 7) is 8.93. The Morgan fingerprint density at radius 3 is 2.60 bits per heavy atom. The van der Waals surface area contributed by atoms with E-state index in [0.717, 1.165) is 18.8 Å². The van der Waals surface area contributed by atoms with Crippen molar-refractivity contribution < 1.29 is 0 Å². The minimum Gasteiger partial charge on any atom is -0.316 e. The van der Waals surface area contributed by atoms with E-state index in [2.05, 4.69) is 66.2 Å². The van der Waals surface area contributed by atoms with Gasteiger partial charge in [-0.15, -0.1) is 0 Å². The zero-order chi connectivity index (χ0) is 14.4. The van der Waals surface area contributed by atoms with E-state index in [1.54, 1.807) is 0 Å². The molecule has 0 bridgehead atoms. The maximum Gasteiger partial charge on any atom is 0.0648 e. The number of aromatic nitrogens is 2. The number of hydrogen-bond donors (Lipinski definition) is 1. The first-order chi connectivity index (χ1) is 9.74. The van der Waals surface area contributed by atoms with Gasteiger partial charge in [0.25, 0.3) is 0 Å². The highest BCUT2D eigenvalue weighted by Gasteiger charge is 2.18. The van der Waals surface area contributed by atoms with Gasteiger partial charge in [-0.2, -0.15) is 5.10 Å². The first kappa shape index (κ1) is 14.8. The van der Waals surface area contributed by atoms with Gasteiger partial charge in [0.1, 0.15) is 0 Å². The van der Waals surface area contributed by atoms with Gasteiger partial charge < -0.3 is 5.32 Å². The Kier molecular flexibility index (Phi) is 5.36. The fraction of sp³-hybridized carbons (Fsp3) is 0.471. The van der Waals surface area contributed by atoms with Crippen LogP contribution in [-0.2, 0) is 0 Å². The molecule has 20 heavy (non-hydrogen) atoms. The molecule has 2 aromatic rings. The summed E-state index contributed by atoms with van der Waals surface area (Å²) in [7, 11) is 0. The molecule has 2 atom stereocenters. The number of nitrogens with one attached hydrogen (secondary N) is 1. The first-order valence-electron chi connectivity index (χ1n) is 7.54. The van der Waals surface area contributed by atoms with Crippen LogP contribution in [0.2, 0.25) is 0 Å². The molecule has 0 saturated heterocycles. The molecule has 0 aliphatic heterocycles. The smallest absolute Gasteiger partial charge is 0.0648 e. The third-order valence-corrected chi connectivity index (χ3v) is 3.89. The summed E-state index contributed by atoms with van der Waals surface area (Å²) in [6.07, 6.45) is 3.08. The van der Waals surface area contributed by atoms with Crippen LogP contribution in [-0.4, -0.2) is 22.9 Å². The van der Waals surface area contributed by atoms with Crippen LogP contribution >= 0.6 is 0 Å². The van der Waals surface area contributed by atoms with Crippen molar-refractivity contribution in [3.63, 3.8) is 0 Å². The van der Waals surface area contributed by atoms with Gasteiger partial charge in [-0.25, -0.2) is 4.68 Å². The second-order valence-corrected chi connectivity index (χ2v) is 5.47. The molecule has 1 aromatic heterocycles. The van der Waals surface area contributed by atoms with E-state index in [1.807, 2.05) is 12.3 Å². The normalized spacial score (nSPS) is 14.2. The zero-order valence-electron chi connectivity index (χ0n) is 12.7. The van der Waals surface area contributed by atoms with Crippen molar-refractivity contribution >= 4 is 0 Å². The summed E-state index contributed by atoms with van der Waals surface area (Å²) in [6, 6.07) is 12.5. The van der Waals surface area contributed by atoms with Crippen LogP contribution in [0.25, 0.3) is 5.69 Å². The second-order valence-electron chi connectivity index (χ2n) is 5.47. The lowest BCUT2D eigenvalue weighted by atomic mass is 9.92. The maximum atomic E-state index is 4.48. The van der Waals surface area contributed by atoms with Crippen LogP contribution in [0.5, 0.6) is 0 Å². The third kappa shape index (κ3) is 3.48. The van der Waals surface area contributed by atoms with E-state index < -0.39 is 0 Å². The Hall–Kier alpha value is -1.61. The molecule has 0 fully saturated rings. The third-order valence-electron chi connectivity index (χ3n) is 3.89. The van der Waals surface area contributed by atoms with Crippen LogP contribution in [0.3, 0.4) is 0 Å². The van der Waals surface area contributed by atoms with Crippen molar-refractivity contribution in [2.45, 2.75) is 33.1 Å². The fourth-order valence-electron chi connectivity index (χ4n) is 2.42. The largest absolute Gasteiger partial charge is 0.316 e. The average Bonchev–Trinajstić information content (AvgIpc) is 2.97. The Morgan fingerprint density at radius 2 is 1.90 bits per heavy atom. The molecule has 0 aliphatic rings. The Balaban J connectivity index is 2.11. The lowest BCUT2D eigenvalue weighted by Crippen LogP contribution is -2.26. The van der Waals surface area contributed by atoms with E-state index in [-0.39, 0.29) is 0 Å². The Morgan fingerprint density at radius 1 is 1.15 bits per heavy atom. The van der Waals surface area contributed by atoms with Gasteiger partial charge in [-0.1, -0.05) is 39.0 Å². The van der Waals surface area contributed by atoms with E-state index in [0.29, 0.717) is 11.8 Å². The number of hydrogen-bond acceptors (Lipinski definition) is 2. The molecule has 0 radical (unpaired) electrons.